The van der Waals surface area contributed by atoms with Gasteiger partial charge in [-0.05, 0) is 17.5 Å². The molecule has 0 amide bonds. The van der Waals surface area contributed by atoms with Gasteiger partial charge >= 0.3 is 0 Å². The van der Waals surface area contributed by atoms with Crippen molar-refractivity contribution < 1.29 is 9.94 Å². The van der Waals surface area contributed by atoms with Gasteiger partial charge in [0.15, 0.2) is 0 Å². The zero-order chi connectivity index (χ0) is 13.1. The van der Waals surface area contributed by atoms with Gasteiger partial charge in [-0.3, -0.25) is 0 Å². The lowest BCUT2D eigenvalue weighted by molar-refractivity contribution is 0.141. The van der Waals surface area contributed by atoms with Gasteiger partial charge < -0.3 is 9.94 Å². The number of benzene rings is 1. The minimum absolute atomic E-state index is 0.406. The Kier molecular flexibility index (Phi) is 3.91. The molecule has 0 aliphatic rings. The molecule has 4 nitrogen and oxygen atoms in total. The van der Waals surface area contributed by atoms with Gasteiger partial charge in [-0.2, -0.15) is 0 Å². The third-order valence-electron chi connectivity index (χ3n) is 2.69. The van der Waals surface area contributed by atoms with Gasteiger partial charge in [-0.25, -0.2) is 0 Å². The van der Waals surface area contributed by atoms with E-state index in [4.69, 9.17) is 9.94 Å². The molecule has 1 aromatic heterocycles. The van der Waals surface area contributed by atoms with Gasteiger partial charge in [0.1, 0.15) is 6.61 Å². The predicted octanol–water partition coefficient (Wildman–Crippen LogP) is 3.59. The van der Waals surface area contributed by atoms with Crippen molar-refractivity contribution in [2.24, 2.45) is 0 Å². The van der Waals surface area contributed by atoms with Crippen LogP contribution in [-0.4, -0.2) is 15.2 Å². The zero-order valence-electron chi connectivity index (χ0n) is 10.3. The summed E-state index contributed by atoms with van der Waals surface area (Å²) in [6.45, 7) is 4.72. The standard InChI is InChI=1S/C13H15BrN2O2/c1-9(2)10-4-3-5-12(14)11(10)8-18-13-6-7-16(17)15-13/h3-7,9,17H,8H2,1-2H3. The van der Waals surface area contributed by atoms with Crippen LogP contribution in [0.1, 0.15) is 30.9 Å². The van der Waals surface area contributed by atoms with Gasteiger partial charge in [0, 0.05) is 16.1 Å². The van der Waals surface area contributed by atoms with Crippen LogP contribution in [0.3, 0.4) is 0 Å². The smallest absolute Gasteiger partial charge is 0.236 e. The van der Waals surface area contributed by atoms with E-state index >= 15 is 0 Å². The summed E-state index contributed by atoms with van der Waals surface area (Å²) in [6.07, 6.45) is 1.43. The van der Waals surface area contributed by atoms with E-state index in [-0.39, 0.29) is 0 Å². The molecule has 0 radical (unpaired) electrons. The molecule has 0 spiro atoms. The van der Waals surface area contributed by atoms with Crippen LogP contribution in [0.2, 0.25) is 0 Å². The fourth-order valence-electron chi connectivity index (χ4n) is 1.79. The summed E-state index contributed by atoms with van der Waals surface area (Å²) < 4.78 is 6.59. The van der Waals surface area contributed by atoms with Crippen LogP contribution in [0.5, 0.6) is 5.88 Å². The molecule has 5 heteroatoms. The Labute approximate surface area is 114 Å². The Morgan fingerprint density at radius 3 is 2.78 bits per heavy atom. The van der Waals surface area contributed by atoms with Crippen LogP contribution < -0.4 is 4.74 Å². The van der Waals surface area contributed by atoms with E-state index in [0.29, 0.717) is 18.4 Å². The zero-order valence-corrected chi connectivity index (χ0v) is 11.9. The van der Waals surface area contributed by atoms with Crippen LogP contribution in [0.25, 0.3) is 0 Å². The van der Waals surface area contributed by atoms with Gasteiger partial charge in [0.05, 0.1) is 6.20 Å². The molecule has 1 aromatic carbocycles. The van der Waals surface area contributed by atoms with Crippen molar-refractivity contribution in [3.05, 3.63) is 46.1 Å². The SMILES string of the molecule is CC(C)c1cccc(Br)c1COc1ccn(O)n1. The summed E-state index contributed by atoms with van der Waals surface area (Å²) in [5, 5.41) is 12.8. The van der Waals surface area contributed by atoms with Crippen molar-refractivity contribution >= 4 is 15.9 Å². The number of hydrogen-bond acceptors (Lipinski definition) is 3. The van der Waals surface area contributed by atoms with Crippen LogP contribution in [0.15, 0.2) is 34.9 Å². The van der Waals surface area contributed by atoms with E-state index < -0.39 is 0 Å². The lowest BCUT2D eigenvalue weighted by atomic mass is 9.98. The minimum atomic E-state index is 0.406. The summed E-state index contributed by atoms with van der Waals surface area (Å²) in [7, 11) is 0. The lowest BCUT2D eigenvalue weighted by Gasteiger charge is -2.14. The molecule has 2 rings (SSSR count). The minimum Gasteiger partial charge on any atom is -0.472 e. The second-order valence-corrected chi connectivity index (χ2v) is 5.18. The number of halogens is 1. The third kappa shape index (κ3) is 2.85. The van der Waals surface area contributed by atoms with E-state index in [0.717, 1.165) is 14.9 Å². The quantitative estimate of drug-likeness (QED) is 0.878. The Bertz CT molecular complexity index is 538. The molecule has 0 saturated heterocycles. The number of hydrogen-bond donors (Lipinski definition) is 1. The second kappa shape index (κ2) is 5.44. The molecule has 1 N–H and O–H groups in total. The van der Waals surface area contributed by atoms with Crippen molar-refractivity contribution in [2.45, 2.75) is 26.4 Å². The van der Waals surface area contributed by atoms with Gasteiger partial charge in [0.25, 0.3) is 0 Å². The van der Waals surface area contributed by atoms with E-state index in [1.807, 2.05) is 12.1 Å². The van der Waals surface area contributed by atoms with E-state index in [2.05, 4.69) is 40.9 Å². The van der Waals surface area contributed by atoms with Crippen LogP contribution in [0, 0.1) is 0 Å². The van der Waals surface area contributed by atoms with E-state index in [1.165, 1.54) is 11.8 Å². The lowest BCUT2D eigenvalue weighted by Crippen LogP contribution is -2.03. The maximum Gasteiger partial charge on any atom is 0.236 e. The van der Waals surface area contributed by atoms with Crippen molar-refractivity contribution in [1.82, 2.24) is 9.94 Å². The maximum absolute atomic E-state index is 9.06. The number of rotatable bonds is 4. The van der Waals surface area contributed by atoms with Crippen LogP contribution in [0.4, 0.5) is 0 Å². The summed E-state index contributed by atoms with van der Waals surface area (Å²) in [4.78, 5) is 0.735. The first-order valence-corrected chi connectivity index (χ1v) is 6.52. The summed E-state index contributed by atoms with van der Waals surface area (Å²) >= 11 is 3.54. The third-order valence-corrected chi connectivity index (χ3v) is 3.44. The normalized spacial score (nSPS) is 10.9. The molecule has 0 fully saturated rings. The van der Waals surface area contributed by atoms with Crippen molar-refractivity contribution in [2.75, 3.05) is 0 Å². The topological polar surface area (TPSA) is 47.3 Å². The van der Waals surface area contributed by atoms with Crippen LogP contribution in [-0.2, 0) is 6.61 Å². The largest absolute Gasteiger partial charge is 0.472 e. The molecule has 0 aliphatic heterocycles. The van der Waals surface area contributed by atoms with Gasteiger partial charge in [-0.1, -0.05) is 47.0 Å². The van der Waals surface area contributed by atoms with E-state index in [9.17, 15) is 0 Å². The Hall–Kier alpha value is -1.49. The van der Waals surface area contributed by atoms with Crippen molar-refractivity contribution in [1.29, 1.82) is 0 Å². The highest BCUT2D eigenvalue weighted by atomic mass is 79.9. The number of nitrogens with zero attached hydrogens (tertiary/aromatic N) is 2. The number of aromatic nitrogens is 2. The van der Waals surface area contributed by atoms with Crippen molar-refractivity contribution in [3.8, 4) is 5.88 Å². The first kappa shape index (κ1) is 13.0. The van der Waals surface area contributed by atoms with Gasteiger partial charge in [-0.15, -0.1) is 4.85 Å². The molecule has 0 atom stereocenters. The Balaban J connectivity index is 2.18. The molecule has 0 saturated carbocycles. The molecule has 2 aromatic rings. The highest BCUT2D eigenvalue weighted by molar-refractivity contribution is 9.10. The van der Waals surface area contributed by atoms with Crippen LogP contribution >= 0.6 is 15.9 Å². The molecular weight excluding hydrogens is 296 g/mol. The average Bonchev–Trinajstić information content (AvgIpc) is 2.73. The van der Waals surface area contributed by atoms with E-state index in [1.54, 1.807) is 6.07 Å². The fourth-order valence-corrected chi connectivity index (χ4v) is 2.29. The molecular formula is C13H15BrN2O2. The molecule has 0 bridgehead atoms. The molecule has 1 heterocycles. The molecule has 0 unspecified atom stereocenters. The monoisotopic (exact) mass is 310 g/mol. The number of ether oxygens (including phenoxy) is 1. The summed E-state index contributed by atoms with van der Waals surface area (Å²) in [5.41, 5.74) is 2.35. The first-order chi connectivity index (χ1) is 8.58. The highest BCUT2D eigenvalue weighted by Crippen LogP contribution is 2.27. The molecule has 0 aliphatic carbocycles. The Morgan fingerprint density at radius 1 is 1.39 bits per heavy atom. The summed E-state index contributed by atoms with van der Waals surface area (Å²) in [5.74, 6) is 0.833. The first-order valence-electron chi connectivity index (χ1n) is 5.73. The average molecular weight is 311 g/mol. The molecule has 96 valence electrons. The molecule has 18 heavy (non-hydrogen) atoms. The summed E-state index contributed by atoms with van der Waals surface area (Å²) in [6, 6.07) is 7.73. The Morgan fingerprint density at radius 2 is 2.17 bits per heavy atom. The maximum atomic E-state index is 9.06. The van der Waals surface area contributed by atoms with Crippen molar-refractivity contribution in [3.63, 3.8) is 0 Å². The predicted molar refractivity (Wildman–Crippen MR) is 72.0 cm³/mol. The fraction of sp³-hybridized carbons (Fsp3) is 0.308. The second-order valence-electron chi connectivity index (χ2n) is 4.33. The van der Waals surface area contributed by atoms with Gasteiger partial charge in [0.2, 0.25) is 5.88 Å². The highest BCUT2D eigenvalue weighted by Gasteiger charge is 2.11.